The molecule has 0 bridgehead atoms. The largest absolute Gasteiger partial charge is 0.467 e. The van der Waals surface area contributed by atoms with Crippen molar-refractivity contribution in [2.75, 3.05) is 6.54 Å². The van der Waals surface area contributed by atoms with Crippen LogP contribution in [0.25, 0.3) is 0 Å². The van der Waals surface area contributed by atoms with Crippen molar-refractivity contribution in [3.05, 3.63) is 59.0 Å². The molecule has 0 spiro atoms. The van der Waals surface area contributed by atoms with Crippen molar-refractivity contribution in [1.29, 1.82) is 0 Å². The van der Waals surface area contributed by atoms with E-state index >= 15 is 0 Å². The Kier molecular flexibility index (Phi) is 5.04. The summed E-state index contributed by atoms with van der Waals surface area (Å²) in [6, 6.07) is 9.78. The number of carbonyl (C=O) groups excluding carboxylic acids is 3. The van der Waals surface area contributed by atoms with Crippen molar-refractivity contribution in [3.8, 4) is 0 Å². The van der Waals surface area contributed by atoms with Crippen molar-refractivity contribution in [2.45, 2.75) is 13.0 Å². The lowest BCUT2D eigenvalue weighted by molar-refractivity contribution is -0.129. The Morgan fingerprint density at radius 3 is 2.64 bits per heavy atom. The van der Waals surface area contributed by atoms with E-state index in [-0.39, 0.29) is 18.9 Å². The molecule has 1 aliphatic heterocycles. The molecule has 1 fully saturated rings. The lowest BCUT2D eigenvalue weighted by Gasteiger charge is -2.15. The number of hydrogen-bond donors (Lipinski definition) is 2. The number of carbonyl (C=O) groups is 3. The fourth-order valence-corrected chi connectivity index (χ4v) is 2.71. The maximum atomic E-state index is 12.2. The molecule has 1 aliphatic rings. The van der Waals surface area contributed by atoms with Crippen LogP contribution in [-0.4, -0.2) is 29.2 Å². The van der Waals surface area contributed by atoms with Crippen molar-refractivity contribution < 1.29 is 18.8 Å². The topological polar surface area (TPSA) is 91.7 Å². The lowest BCUT2D eigenvalue weighted by Crippen LogP contribution is -2.45. The van der Waals surface area contributed by atoms with Crippen molar-refractivity contribution in [2.24, 2.45) is 5.92 Å². The Morgan fingerprint density at radius 1 is 1.20 bits per heavy atom. The Balaban J connectivity index is 1.51. The van der Waals surface area contributed by atoms with Crippen LogP contribution in [0.5, 0.6) is 0 Å². The van der Waals surface area contributed by atoms with E-state index < -0.39 is 17.7 Å². The molecule has 2 heterocycles. The molecule has 0 unspecified atom stereocenters. The molecule has 0 aliphatic carbocycles. The summed E-state index contributed by atoms with van der Waals surface area (Å²) in [6.45, 7) is 0.606. The van der Waals surface area contributed by atoms with Gasteiger partial charge in [0, 0.05) is 23.6 Å². The first-order valence-electron chi connectivity index (χ1n) is 7.69. The molecule has 1 aromatic heterocycles. The number of hydrazine groups is 1. The summed E-state index contributed by atoms with van der Waals surface area (Å²) in [7, 11) is 0. The van der Waals surface area contributed by atoms with Gasteiger partial charge in [-0.15, -0.1) is 0 Å². The van der Waals surface area contributed by atoms with E-state index in [4.69, 9.17) is 16.0 Å². The SMILES string of the molecule is O=C(NNC(=O)[C@@H]1CC(=O)N(Cc2ccco2)C1)c1ccc(Cl)cc1. The number of hydrogen-bond acceptors (Lipinski definition) is 4. The summed E-state index contributed by atoms with van der Waals surface area (Å²) in [4.78, 5) is 37.7. The van der Waals surface area contributed by atoms with Crippen LogP contribution in [0, 0.1) is 5.92 Å². The van der Waals surface area contributed by atoms with Gasteiger partial charge in [-0.25, -0.2) is 0 Å². The molecule has 8 heteroatoms. The highest BCUT2D eigenvalue weighted by Gasteiger charge is 2.34. The van der Waals surface area contributed by atoms with Crippen LogP contribution in [0.15, 0.2) is 47.1 Å². The van der Waals surface area contributed by atoms with E-state index in [0.29, 0.717) is 22.9 Å². The van der Waals surface area contributed by atoms with Crippen LogP contribution < -0.4 is 10.9 Å². The summed E-state index contributed by atoms with van der Waals surface area (Å²) in [5.41, 5.74) is 5.07. The quantitative estimate of drug-likeness (QED) is 0.811. The molecule has 0 saturated carbocycles. The first-order valence-corrected chi connectivity index (χ1v) is 8.06. The van der Waals surface area contributed by atoms with Gasteiger partial charge in [0.2, 0.25) is 11.8 Å². The van der Waals surface area contributed by atoms with Gasteiger partial charge in [-0.1, -0.05) is 11.6 Å². The highest BCUT2D eigenvalue weighted by molar-refractivity contribution is 6.30. The Bertz CT molecular complexity index is 774. The molecule has 1 aromatic carbocycles. The van der Waals surface area contributed by atoms with Crippen LogP contribution in [0.3, 0.4) is 0 Å². The smallest absolute Gasteiger partial charge is 0.269 e. The third-order valence-electron chi connectivity index (χ3n) is 3.92. The van der Waals surface area contributed by atoms with E-state index in [1.807, 2.05) is 0 Å². The van der Waals surface area contributed by atoms with Crippen LogP contribution in [0.1, 0.15) is 22.5 Å². The van der Waals surface area contributed by atoms with Crippen LogP contribution in [0.4, 0.5) is 0 Å². The summed E-state index contributed by atoms with van der Waals surface area (Å²) >= 11 is 5.76. The summed E-state index contributed by atoms with van der Waals surface area (Å²) in [5, 5.41) is 0.515. The Morgan fingerprint density at radius 2 is 1.96 bits per heavy atom. The van der Waals surface area contributed by atoms with Crippen LogP contribution in [-0.2, 0) is 16.1 Å². The summed E-state index contributed by atoms with van der Waals surface area (Å²) < 4.78 is 5.21. The number of nitrogens with zero attached hydrogens (tertiary/aromatic N) is 1. The molecule has 3 rings (SSSR count). The van der Waals surface area contributed by atoms with Gasteiger partial charge < -0.3 is 9.32 Å². The van der Waals surface area contributed by atoms with Gasteiger partial charge in [0.1, 0.15) is 5.76 Å². The summed E-state index contributed by atoms with van der Waals surface area (Å²) in [6.07, 6.45) is 1.63. The average molecular weight is 362 g/mol. The van der Waals surface area contributed by atoms with Gasteiger partial charge in [0.15, 0.2) is 0 Å². The molecular formula is C17H16ClN3O4. The standard InChI is InChI=1S/C17H16ClN3O4/c18-13-5-3-11(4-6-13)16(23)19-20-17(24)12-8-15(22)21(9-12)10-14-2-1-7-25-14/h1-7,12H,8-10H2,(H,19,23)(H,20,24)/t12-/m1/s1. The lowest BCUT2D eigenvalue weighted by atomic mass is 10.1. The van der Waals surface area contributed by atoms with Gasteiger partial charge in [0.25, 0.3) is 5.91 Å². The number of benzene rings is 1. The molecule has 2 aromatic rings. The Hall–Kier alpha value is -2.80. The molecule has 3 amide bonds. The molecule has 0 radical (unpaired) electrons. The van der Waals surface area contributed by atoms with Gasteiger partial charge in [-0.05, 0) is 36.4 Å². The second kappa shape index (κ2) is 7.40. The minimum Gasteiger partial charge on any atom is -0.467 e. The molecule has 2 N–H and O–H groups in total. The fraction of sp³-hybridized carbons (Fsp3) is 0.235. The van der Waals surface area contributed by atoms with Crippen LogP contribution in [0.2, 0.25) is 5.02 Å². The maximum Gasteiger partial charge on any atom is 0.269 e. The van der Waals surface area contributed by atoms with Gasteiger partial charge in [-0.2, -0.15) is 0 Å². The van der Waals surface area contributed by atoms with Crippen molar-refractivity contribution >= 4 is 29.3 Å². The van der Waals surface area contributed by atoms with E-state index in [1.165, 1.54) is 6.26 Å². The highest BCUT2D eigenvalue weighted by Crippen LogP contribution is 2.20. The highest BCUT2D eigenvalue weighted by atomic mass is 35.5. The van der Waals surface area contributed by atoms with E-state index in [9.17, 15) is 14.4 Å². The number of amides is 3. The predicted molar refractivity (Wildman–Crippen MR) is 89.3 cm³/mol. The van der Waals surface area contributed by atoms with E-state index in [1.54, 1.807) is 41.3 Å². The predicted octanol–water partition coefficient (Wildman–Crippen LogP) is 1.74. The molecule has 1 saturated heterocycles. The number of nitrogens with one attached hydrogen (secondary N) is 2. The number of furan rings is 1. The number of rotatable bonds is 4. The first-order chi connectivity index (χ1) is 12.0. The molecule has 130 valence electrons. The maximum absolute atomic E-state index is 12.2. The second-order valence-corrected chi connectivity index (χ2v) is 6.14. The normalized spacial score (nSPS) is 16.8. The Labute approximate surface area is 148 Å². The van der Waals surface area contributed by atoms with Crippen molar-refractivity contribution in [3.63, 3.8) is 0 Å². The third kappa shape index (κ3) is 4.19. The average Bonchev–Trinajstić information content (AvgIpc) is 3.24. The minimum atomic E-state index is -0.520. The fourth-order valence-electron chi connectivity index (χ4n) is 2.59. The van der Waals surface area contributed by atoms with Crippen LogP contribution >= 0.6 is 11.6 Å². The summed E-state index contributed by atoms with van der Waals surface area (Å²) in [5.74, 6) is -0.849. The molecular weight excluding hydrogens is 346 g/mol. The molecule has 7 nitrogen and oxygen atoms in total. The van der Waals surface area contributed by atoms with E-state index in [0.717, 1.165) is 0 Å². The molecule has 1 atom stereocenters. The third-order valence-corrected chi connectivity index (χ3v) is 4.17. The number of halogens is 1. The molecule has 25 heavy (non-hydrogen) atoms. The zero-order valence-electron chi connectivity index (χ0n) is 13.2. The second-order valence-electron chi connectivity index (χ2n) is 5.70. The van der Waals surface area contributed by atoms with Gasteiger partial charge in [0.05, 0.1) is 18.7 Å². The zero-order valence-corrected chi connectivity index (χ0v) is 14.0. The number of likely N-dealkylation sites (tertiary alicyclic amines) is 1. The monoisotopic (exact) mass is 361 g/mol. The van der Waals surface area contributed by atoms with Crippen molar-refractivity contribution in [1.82, 2.24) is 15.8 Å². The van der Waals surface area contributed by atoms with Gasteiger partial charge >= 0.3 is 0 Å². The minimum absolute atomic E-state index is 0.101. The van der Waals surface area contributed by atoms with E-state index in [2.05, 4.69) is 10.9 Å². The first kappa shape index (κ1) is 17.0. The zero-order chi connectivity index (χ0) is 17.8. The van der Waals surface area contributed by atoms with Gasteiger partial charge in [-0.3, -0.25) is 25.2 Å².